The maximum atomic E-state index is 14.0. The lowest BCUT2D eigenvalue weighted by atomic mass is 9.98. The number of aryl methyl sites for hydroxylation is 2. The van der Waals surface area contributed by atoms with Crippen molar-refractivity contribution in [1.29, 1.82) is 0 Å². The minimum atomic E-state index is -3.58. The fraction of sp³-hybridized carbons (Fsp3) is 0.600. The van der Waals surface area contributed by atoms with Crippen molar-refractivity contribution in [2.24, 2.45) is 5.92 Å². The molecule has 2 atom stereocenters. The van der Waals surface area contributed by atoms with Gasteiger partial charge in [0, 0.05) is 19.0 Å². The Balaban J connectivity index is 1.84. The number of halogens is 1. The zero-order valence-electron chi connectivity index (χ0n) is 11.8. The van der Waals surface area contributed by atoms with E-state index < -0.39 is 16.2 Å². The molecule has 3 rings (SSSR count). The second-order valence-electron chi connectivity index (χ2n) is 5.89. The van der Waals surface area contributed by atoms with E-state index in [1.54, 1.807) is 12.1 Å². The fourth-order valence-electron chi connectivity index (χ4n) is 3.21. The number of thiol groups is 1. The molecule has 0 bridgehead atoms. The fourth-order valence-corrected chi connectivity index (χ4v) is 5.13. The number of hydrogen-bond donors (Lipinski definition) is 1. The number of nitrogens with zero attached hydrogens (tertiary/aromatic N) is 1. The van der Waals surface area contributed by atoms with Gasteiger partial charge in [0.25, 0.3) is 0 Å². The SMILES string of the molecule is O=S(=O)(c1ccc2c(c1)CCC2)N1CC[C@H](CS)[C@@H](F)C1. The molecule has 3 nitrogen and oxygen atoms in total. The van der Waals surface area contributed by atoms with Crippen molar-refractivity contribution in [3.05, 3.63) is 29.3 Å². The lowest BCUT2D eigenvalue weighted by Crippen LogP contribution is -2.45. The topological polar surface area (TPSA) is 37.4 Å². The molecule has 1 saturated heterocycles. The number of hydrogen-bond acceptors (Lipinski definition) is 3. The molecule has 0 aromatic heterocycles. The largest absolute Gasteiger partial charge is 0.246 e. The van der Waals surface area contributed by atoms with Crippen LogP contribution < -0.4 is 0 Å². The summed E-state index contributed by atoms with van der Waals surface area (Å²) in [5.41, 5.74) is 2.37. The highest BCUT2D eigenvalue weighted by Gasteiger charge is 2.35. The summed E-state index contributed by atoms with van der Waals surface area (Å²) in [6.45, 7) is 0.329. The van der Waals surface area contributed by atoms with Crippen molar-refractivity contribution < 1.29 is 12.8 Å². The van der Waals surface area contributed by atoms with Crippen LogP contribution >= 0.6 is 12.6 Å². The first-order valence-electron chi connectivity index (χ1n) is 7.39. The van der Waals surface area contributed by atoms with E-state index in [1.807, 2.05) is 6.07 Å². The first-order valence-corrected chi connectivity index (χ1v) is 9.46. The van der Waals surface area contributed by atoms with Crippen LogP contribution in [0.4, 0.5) is 4.39 Å². The molecule has 116 valence electrons. The van der Waals surface area contributed by atoms with Crippen LogP contribution in [-0.2, 0) is 22.9 Å². The predicted octanol–water partition coefficient (Wildman–Crippen LogP) is 2.45. The summed E-state index contributed by atoms with van der Waals surface area (Å²) in [7, 11) is -3.58. The van der Waals surface area contributed by atoms with Crippen molar-refractivity contribution >= 4 is 22.7 Å². The van der Waals surface area contributed by atoms with Gasteiger partial charge in [-0.25, -0.2) is 12.8 Å². The maximum absolute atomic E-state index is 14.0. The van der Waals surface area contributed by atoms with Crippen molar-refractivity contribution in [3.8, 4) is 0 Å². The van der Waals surface area contributed by atoms with E-state index in [1.165, 1.54) is 9.87 Å². The molecule has 1 aromatic rings. The molecule has 0 saturated carbocycles. The van der Waals surface area contributed by atoms with Gasteiger partial charge in [0.1, 0.15) is 6.17 Å². The average Bonchev–Trinajstić information content (AvgIpc) is 2.94. The summed E-state index contributed by atoms with van der Waals surface area (Å²) in [5.74, 6) is 0.327. The first-order chi connectivity index (χ1) is 10.0. The van der Waals surface area contributed by atoms with Crippen molar-refractivity contribution in [2.45, 2.75) is 36.8 Å². The number of alkyl halides is 1. The quantitative estimate of drug-likeness (QED) is 0.865. The van der Waals surface area contributed by atoms with Gasteiger partial charge in [-0.05, 0) is 54.7 Å². The Labute approximate surface area is 131 Å². The van der Waals surface area contributed by atoms with Crippen LogP contribution in [0.2, 0.25) is 0 Å². The van der Waals surface area contributed by atoms with E-state index >= 15 is 0 Å². The second-order valence-corrected chi connectivity index (χ2v) is 8.20. The van der Waals surface area contributed by atoms with Crippen LogP contribution in [0.3, 0.4) is 0 Å². The third kappa shape index (κ3) is 2.85. The molecular formula is C15H20FNO2S2. The standard InChI is InChI=1S/C15H20FNO2S2/c16-15-9-17(7-6-13(15)10-20)21(18,19)14-5-4-11-2-1-3-12(11)8-14/h4-5,8,13,15,20H,1-3,6-7,9-10H2/t13-,15+/m1/s1. The third-order valence-electron chi connectivity index (χ3n) is 4.58. The predicted molar refractivity (Wildman–Crippen MR) is 84.1 cm³/mol. The van der Waals surface area contributed by atoms with E-state index in [4.69, 9.17) is 0 Å². The second kappa shape index (κ2) is 5.89. The number of fused-ring (bicyclic) bond motifs is 1. The van der Waals surface area contributed by atoms with Gasteiger partial charge in [-0.1, -0.05) is 6.07 Å². The number of rotatable bonds is 3. The molecule has 0 amide bonds. The first kappa shape index (κ1) is 15.3. The molecule has 0 spiro atoms. The highest BCUT2D eigenvalue weighted by molar-refractivity contribution is 7.89. The third-order valence-corrected chi connectivity index (χ3v) is 6.91. The highest BCUT2D eigenvalue weighted by atomic mass is 32.2. The Morgan fingerprint density at radius 3 is 2.76 bits per heavy atom. The summed E-state index contributed by atoms with van der Waals surface area (Å²) >= 11 is 4.13. The summed E-state index contributed by atoms with van der Waals surface area (Å²) in [6.07, 6.45) is 2.45. The van der Waals surface area contributed by atoms with E-state index in [9.17, 15) is 12.8 Å². The Kier molecular flexibility index (Phi) is 4.30. The highest BCUT2D eigenvalue weighted by Crippen LogP contribution is 2.29. The Hall–Kier alpha value is -0.590. The summed E-state index contributed by atoms with van der Waals surface area (Å²) in [4.78, 5) is 0.305. The van der Waals surface area contributed by atoms with Crippen LogP contribution in [-0.4, -0.2) is 37.7 Å². The normalized spacial score (nSPS) is 26.8. The van der Waals surface area contributed by atoms with Crippen LogP contribution in [0.15, 0.2) is 23.1 Å². The van der Waals surface area contributed by atoms with E-state index in [0.29, 0.717) is 23.6 Å². The Morgan fingerprint density at radius 1 is 1.29 bits per heavy atom. The minimum Gasteiger partial charge on any atom is -0.246 e. The van der Waals surface area contributed by atoms with Gasteiger partial charge in [0.05, 0.1) is 4.90 Å². The lowest BCUT2D eigenvalue weighted by molar-refractivity contribution is 0.147. The van der Waals surface area contributed by atoms with Crippen molar-refractivity contribution in [3.63, 3.8) is 0 Å². The molecule has 0 radical (unpaired) electrons. The number of sulfonamides is 1. The van der Waals surface area contributed by atoms with Gasteiger partial charge in [0.2, 0.25) is 10.0 Å². The van der Waals surface area contributed by atoms with E-state index in [2.05, 4.69) is 12.6 Å². The van der Waals surface area contributed by atoms with E-state index in [-0.39, 0.29) is 12.5 Å². The van der Waals surface area contributed by atoms with Crippen LogP contribution in [0.1, 0.15) is 24.0 Å². The Morgan fingerprint density at radius 2 is 2.05 bits per heavy atom. The molecule has 1 aromatic carbocycles. The van der Waals surface area contributed by atoms with E-state index in [0.717, 1.165) is 24.8 Å². The molecular weight excluding hydrogens is 309 g/mol. The van der Waals surface area contributed by atoms with Crippen molar-refractivity contribution in [1.82, 2.24) is 4.31 Å². The van der Waals surface area contributed by atoms with Gasteiger partial charge >= 0.3 is 0 Å². The molecule has 0 N–H and O–H groups in total. The van der Waals surface area contributed by atoms with Crippen LogP contribution in [0.25, 0.3) is 0 Å². The average molecular weight is 329 g/mol. The molecule has 0 unspecified atom stereocenters. The summed E-state index contributed by atoms with van der Waals surface area (Å²) < 4.78 is 40.6. The molecule has 1 aliphatic heterocycles. The van der Waals surface area contributed by atoms with Crippen molar-refractivity contribution in [2.75, 3.05) is 18.8 Å². The molecule has 1 aliphatic carbocycles. The summed E-state index contributed by atoms with van der Waals surface area (Å²) in [6, 6.07) is 5.34. The van der Waals surface area contributed by atoms with Crippen LogP contribution in [0.5, 0.6) is 0 Å². The summed E-state index contributed by atoms with van der Waals surface area (Å²) in [5, 5.41) is 0. The number of benzene rings is 1. The number of piperidine rings is 1. The van der Waals surface area contributed by atoms with Gasteiger partial charge in [0.15, 0.2) is 0 Å². The minimum absolute atomic E-state index is 0.0509. The molecule has 2 aliphatic rings. The zero-order valence-corrected chi connectivity index (χ0v) is 13.5. The van der Waals surface area contributed by atoms with Gasteiger partial charge in [-0.2, -0.15) is 16.9 Å². The molecule has 6 heteroatoms. The smallest absolute Gasteiger partial charge is 0.243 e. The lowest BCUT2D eigenvalue weighted by Gasteiger charge is -2.33. The zero-order chi connectivity index (χ0) is 15.0. The monoisotopic (exact) mass is 329 g/mol. The maximum Gasteiger partial charge on any atom is 0.243 e. The van der Waals surface area contributed by atoms with Gasteiger partial charge < -0.3 is 0 Å². The molecule has 1 heterocycles. The van der Waals surface area contributed by atoms with Crippen LogP contribution in [0, 0.1) is 5.92 Å². The Bertz CT molecular complexity index is 633. The van der Waals surface area contributed by atoms with Gasteiger partial charge in [-0.3, -0.25) is 0 Å². The van der Waals surface area contributed by atoms with Gasteiger partial charge in [-0.15, -0.1) is 0 Å². The molecule has 1 fully saturated rings. The molecule has 21 heavy (non-hydrogen) atoms.